The Balaban J connectivity index is 1.26. The maximum absolute atomic E-state index is 13.0. The lowest BCUT2D eigenvalue weighted by Gasteiger charge is -2.01. The molecule has 0 aliphatic rings. The zero-order valence-corrected chi connectivity index (χ0v) is 16.3. The van der Waals surface area contributed by atoms with E-state index in [1.54, 1.807) is 29.7 Å². The van der Waals surface area contributed by atoms with E-state index >= 15 is 0 Å². The highest BCUT2D eigenvalue weighted by Crippen LogP contribution is 2.26. The van der Waals surface area contributed by atoms with E-state index in [0.29, 0.717) is 18.1 Å². The molecule has 4 aromatic rings. The number of thiophene rings is 1. The number of ether oxygens (including phenoxy) is 1. The average Bonchev–Trinajstić information content (AvgIpc) is 3.46. The molecule has 0 saturated carbocycles. The normalized spacial score (nSPS) is 10.9. The van der Waals surface area contributed by atoms with Crippen LogP contribution in [0.1, 0.15) is 18.0 Å². The van der Waals surface area contributed by atoms with Gasteiger partial charge < -0.3 is 9.15 Å². The highest BCUT2D eigenvalue weighted by Gasteiger charge is 2.11. The van der Waals surface area contributed by atoms with Crippen LogP contribution in [0, 0.1) is 5.82 Å². The van der Waals surface area contributed by atoms with Gasteiger partial charge in [-0.3, -0.25) is 4.79 Å². The fraction of sp³-hybridized carbons (Fsp3) is 0.150. The number of benzene rings is 1. The predicted octanol–water partition coefficient (Wildman–Crippen LogP) is 5.34. The fourth-order valence-corrected chi connectivity index (χ4v) is 4.02. The molecule has 0 unspecified atom stereocenters. The van der Waals surface area contributed by atoms with Crippen molar-refractivity contribution in [3.05, 3.63) is 70.1 Å². The first-order chi connectivity index (χ1) is 13.7. The first-order valence-corrected chi connectivity index (χ1v) is 10.3. The zero-order chi connectivity index (χ0) is 19.3. The van der Waals surface area contributed by atoms with Gasteiger partial charge in [0.1, 0.15) is 17.4 Å². The molecule has 0 atom stereocenters. The zero-order valence-electron chi connectivity index (χ0n) is 14.6. The van der Waals surface area contributed by atoms with Gasteiger partial charge in [0.2, 0.25) is 0 Å². The summed E-state index contributed by atoms with van der Waals surface area (Å²) in [5.41, 5.74) is 2.54. The molecule has 0 aliphatic heterocycles. The molecule has 4 rings (SSSR count). The van der Waals surface area contributed by atoms with Crippen molar-refractivity contribution in [3.63, 3.8) is 0 Å². The van der Waals surface area contributed by atoms with E-state index < -0.39 is 0 Å². The Morgan fingerprint density at radius 2 is 2.00 bits per heavy atom. The van der Waals surface area contributed by atoms with Gasteiger partial charge in [-0.05, 0) is 35.7 Å². The van der Waals surface area contributed by atoms with Gasteiger partial charge >= 0.3 is 5.97 Å². The van der Waals surface area contributed by atoms with E-state index in [1.807, 2.05) is 22.2 Å². The highest BCUT2D eigenvalue weighted by atomic mass is 32.1. The summed E-state index contributed by atoms with van der Waals surface area (Å²) in [5.74, 6) is 0.317. The predicted molar refractivity (Wildman–Crippen MR) is 105 cm³/mol. The number of thiazole rings is 1. The van der Waals surface area contributed by atoms with Gasteiger partial charge in [-0.1, -0.05) is 0 Å². The third-order valence-corrected chi connectivity index (χ3v) is 5.55. The number of carbonyl (C=O) groups excluding carboxylic acids is 1. The van der Waals surface area contributed by atoms with Gasteiger partial charge in [0, 0.05) is 28.3 Å². The van der Waals surface area contributed by atoms with Gasteiger partial charge in [0.05, 0.1) is 18.3 Å². The summed E-state index contributed by atoms with van der Waals surface area (Å²) in [6, 6.07) is 7.96. The Bertz CT molecular complexity index is 1060. The van der Waals surface area contributed by atoms with Crippen LogP contribution in [0.15, 0.2) is 57.1 Å². The largest absolute Gasteiger partial charge is 0.459 e. The third-order valence-electron chi connectivity index (χ3n) is 3.93. The number of hydrogen-bond donors (Lipinski definition) is 0. The minimum atomic E-state index is -0.341. The summed E-state index contributed by atoms with van der Waals surface area (Å²) in [7, 11) is 0. The summed E-state index contributed by atoms with van der Waals surface area (Å²) in [5, 5.41) is 6.84. The van der Waals surface area contributed by atoms with E-state index in [0.717, 1.165) is 21.8 Å². The van der Waals surface area contributed by atoms with E-state index in [1.165, 1.54) is 23.5 Å². The van der Waals surface area contributed by atoms with Crippen molar-refractivity contribution in [3.8, 4) is 21.9 Å². The SMILES string of the molecule is O=C(CCc1ncc(-c2ccc(F)cc2)o1)OCc1csc(-c2ccsc2)n1. The average molecular weight is 414 g/mol. The van der Waals surface area contributed by atoms with Crippen LogP contribution in [0.25, 0.3) is 21.9 Å². The highest BCUT2D eigenvalue weighted by molar-refractivity contribution is 7.14. The maximum atomic E-state index is 13.0. The van der Waals surface area contributed by atoms with Gasteiger partial charge in [-0.2, -0.15) is 11.3 Å². The van der Waals surface area contributed by atoms with Crippen LogP contribution in [0.4, 0.5) is 4.39 Å². The molecule has 0 fully saturated rings. The number of esters is 1. The number of oxazole rings is 1. The number of halogens is 1. The molecule has 0 N–H and O–H groups in total. The molecule has 142 valence electrons. The lowest BCUT2D eigenvalue weighted by atomic mass is 10.2. The minimum absolute atomic E-state index is 0.145. The standard InChI is InChI=1S/C20H15FN2O3S2/c21-15-3-1-13(2-4-15)17-9-22-18(26-17)5-6-19(24)25-10-16-12-28-20(23-16)14-7-8-27-11-14/h1-4,7-9,11-12H,5-6,10H2. The smallest absolute Gasteiger partial charge is 0.306 e. The second-order valence-electron chi connectivity index (χ2n) is 5.94. The molecule has 0 saturated heterocycles. The van der Waals surface area contributed by atoms with Crippen LogP contribution in [0.2, 0.25) is 0 Å². The fourth-order valence-electron chi connectivity index (χ4n) is 2.50. The summed E-state index contributed by atoms with van der Waals surface area (Å²) in [6.07, 6.45) is 2.05. The van der Waals surface area contributed by atoms with Crippen molar-refractivity contribution >= 4 is 28.6 Å². The molecule has 28 heavy (non-hydrogen) atoms. The number of aromatic nitrogens is 2. The summed E-state index contributed by atoms with van der Waals surface area (Å²) in [4.78, 5) is 20.6. The molecule has 8 heteroatoms. The lowest BCUT2D eigenvalue weighted by Crippen LogP contribution is -2.06. The first-order valence-electron chi connectivity index (χ1n) is 8.50. The first kappa shape index (κ1) is 18.5. The maximum Gasteiger partial charge on any atom is 0.306 e. The molecular formula is C20H15FN2O3S2. The third kappa shape index (κ3) is 4.52. The van der Waals surface area contributed by atoms with Crippen molar-refractivity contribution in [2.45, 2.75) is 19.4 Å². The molecule has 0 bridgehead atoms. The Morgan fingerprint density at radius 3 is 2.79 bits per heavy atom. The Labute approximate surface area is 168 Å². The lowest BCUT2D eigenvalue weighted by molar-refractivity contribution is -0.145. The summed E-state index contributed by atoms with van der Waals surface area (Å²) >= 11 is 3.14. The van der Waals surface area contributed by atoms with Crippen molar-refractivity contribution in [2.75, 3.05) is 0 Å². The molecule has 5 nitrogen and oxygen atoms in total. The second-order valence-corrected chi connectivity index (χ2v) is 7.58. The Kier molecular flexibility index (Phi) is 5.59. The molecule has 0 amide bonds. The van der Waals surface area contributed by atoms with Crippen LogP contribution in [0.3, 0.4) is 0 Å². The Morgan fingerprint density at radius 1 is 1.14 bits per heavy atom. The minimum Gasteiger partial charge on any atom is -0.459 e. The van der Waals surface area contributed by atoms with Crippen LogP contribution >= 0.6 is 22.7 Å². The number of rotatable bonds is 7. The van der Waals surface area contributed by atoms with E-state index in [4.69, 9.17) is 9.15 Å². The summed E-state index contributed by atoms with van der Waals surface area (Å²) < 4.78 is 23.9. The van der Waals surface area contributed by atoms with E-state index in [-0.39, 0.29) is 24.8 Å². The van der Waals surface area contributed by atoms with Crippen LogP contribution in [-0.2, 0) is 22.6 Å². The number of hydrogen-bond acceptors (Lipinski definition) is 7. The molecule has 1 aromatic carbocycles. The van der Waals surface area contributed by atoms with Gasteiger partial charge in [0.25, 0.3) is 0 Å². The quantitative estimate of drug-likeness (QED) is 0.382. The monoisotopic (exact) mass is 414 g/mol. The molecule has 0 radical (unpaired) electrons. The molecule has 3 aromatic heterocycles. The molecule has 0 spiro atoms. The van der Waals surface area contributed by atoms with Gasteiger partial charge in [-0.25, -0.2) is 14.4 Å². The van der Waals surface area contributed by atoms with Crippen molar-refractivity contribution in [1.29, 1.82) is 0 Å². The van der Waals surface area contributed by atoms with Gasteiger partial charge in [-0.15, -0.1) is 11.3 Å². The van der Waals surface area contributed by atoms with Crippen molar-refractivity contribution < 1.29 is 18.3 Å². The van der Waals surface area contributed by atoms with Crippen LogP contribution in [0.5, 0.6) is 0 Å². The topological polar surface area (TPSA) is 65.2 Å². The number of nitrogens with zero attached hydrogens (tertiary/aromatic N) is 2. The van der Waals surface area contributed by atoms with Crippen molar-refractivity contribution in [1.82, 2.24) is 9.97 Å². The van der Waals surface area contributed by atoms with Crippen molar-refractivity contribution in [2.24, 2.45) is 0 Å². The Hall–Kier alpha value is -2.84. The van der Waals surface area contributed by atoms with E-state index in [9.17, 15) is 9.18 Å². The van der Waals surface area contributed by atoms with Crippen LogP contribution in [-0.4, -0.2) is 15.9 Å². The molecule has 3 heterocycles. The number of aryl methyl sites for hydroxylation is 1. The van der Waals surface area contributed by atoms with E-state index in [2.05, 4.69) is 9.97 Å². The number of carbonyl (C=O) groups is 1. The molecule has 0 aliphatic carbocycles. The second kappa shape index (κ2) is 8.45. The van der Waals surface area contributed by atoms with Gasteiger partial charge in [0.15, 0.2) is 11.7 Å². The summed E-state index contributed by atoms with van der Waals surface area (Å²) in [6.45, 7) is 0.145. The van der Waals surface area contributed by atoms with Crippen LogP contribution < -0.4 is 0 Å². The molecular weight excluding hydrogens is 399 g/mol.